The predicted octanol–water partition coefficient (Wildman–Crippen LogP) is 1.22. The van der Waals surface area contributed by atoms with Gasteiger partial charge in [-0.1, -0.05) is 6.07 Å². The molecule has 2 aromatic heterocycles. The Morgan fingerprint density at radius 1 is 1.19 bits per heavy atom. The number of hydrogen-bond donors (Lipinski definition) is 2. The van der Waals surface area contributed by atoms with E-state index in [0.29, 0.717) is 29.1 Å². The van der Waals surface area contributed by atoms with Crippen LogP contribution in [0.4, 0.5) is 5.69 Å². The van der Waals surface area contributed by atoms with Gasteiger partial charge in [0.15, 0.2) is 0 Å². The van der Waals surface area contributed by atoms with Crippen LogP contribution in [-0.2, 0) is 23.2 Å². The number of anilines is 1. The van der Waals surface area contributed by atoms with Crippen molar-refractivity contribution in [3.63, 3.8) is 0 Å². The fourth-order valence-corrected chi connectivity index (χ4v) is 4.20. The smallest absolute Gasteiger partial charge is 0.261 e. The van der Waals surface area contributed by atoms with E-state index < -0.39 is 11.9 Å². The zero-order valence-electron chi connectivity index (χ0n) is 17.2. The fourth-order valence-electron chi connectivity index (χ4n) is 4.20. The second kappa shape index (κ2) is 7.49. The van der Waals surface area contributed by atoms with Gasteiger partial charge in [-0.3, -0.25) is 29.2 Å². The number of nitrogens with one attached hydrogen (secondary N) is 2. The quantitative estimate of drug-likeness (QED) is 0.601. The van der Waals surface area contributed by atoms with Crippen molar-refractivity contribution in [1.82, 2.24) is 24.6 Å². The van der Waals surface area contributed by atoms with E-state index in [0.717, 1.165) is 5.56 Å². The number of amides is 4. The molecule has 0 radical (unpaired) electrons. The summed E-state index contributed by atoms with van der Waals surface area (Å²) >= 11 is 0. The van der Waals surface area contributed by atoms with E-state index in [4.69, 9.17) is 0 Å². The molecule has 3 aromatic rings. The number of hydrogen-bond acceptors (Lipinski definition) is 5. The Labute approximate surface area is 182 Å². The van der Waals surface area contributed by atoms with Crippen LogP contribution >= 0.6 is 0 Å². The molecule has 4 amide bonds. The monoisotopic (exact) mass is 432 g/mol. The highest BCUT2D eigenvalue weighted by atomic mass is 16.2. The van der Waals surface area contributed by atoms with Crippen LogP contribution in [0.15, 0.2) is 48.9 Å². The molecule has 4 heterocycles. The van der Waals surface area contributed by atoms with Crippen LogP contribution in [0.5, 0.6) is 0 Å². The predicted molar refractivity (Wildman–Crippen MR) is 113 cm³/mol. The number of aryl methyl sites for hydroxylation is 1. The van der Waals surface area contributed by atoms with Gasteiger partial charge in [0.1, 0.15) is 17.4 Å². The van der Waals surface area contributed by atoms with E-state index in [2.05, 4.69) is 15.7 Å². The zero-order valence-corrected chi connectivity index (χ0v) is 17.2. The summed E-state index contributed by atoms with van der Waals surface area (Å²) < 4.78 is 3.41. The third kappa shape index (κ3) is 3.25. The molecule has 2 N–H and O–H groups in total. The molecule has 0 aliphatic carbocycles. The number of fused-ring (bicyclic) bond motifs is 1. The molecule has 162 valence electrons. The molecule has 32 heavy (non-hydrogen) atoms. The standard InChI is InChI=1S/C22H20N6O4/c1-26-21(27-8-2-3-9-27)16(11-23-26)19(30)24-14-5-4-13-12-28(22(32)15(13)10-14)17-6-7-18(29)25-20(17)31/h2-5,8-11,17H,6-7,12H2,1H3,(H,24,30)(H,25,29,31). The summed E-state index contributed by atoms with van der Waals surface area (Å²) in [5, 5.41) is 9.31. The summed E-state index contributed by atoms with van der Waals surface area (Å²) in [5.74, 6) is -0.803. The minimum Gasteiger partial charge on any atom is -0.322 e. The molecule has 1 saturated heterocycles. The molecule has 1 atom stereocenters. The largest absolute Gasteiger partial charge is 0.322 e. The maximum absolute atomic E-state index is 13.0. The molecule has 1 fully saturated rings. The molecule has 5 rings (SSSR count). The number of piperidine rings is 1. The number of imide groups is 1. The van der Waals surface area contributed by atoms with Crippen molar-refractivity contribution < 1.29 is 19.2 Å². The van der Waals surface area contributed by atoms with E-state index in [-0.39, 0.29) is 30.7 Å². The van der Waals surface area contributed by atoms with Gasteiger partial charge in [0.05, 0.1) is 6.20 Å². The van der Waals surface area contributed by atoms with Crippen LogP contribution in [0.25, 0.3) is 5.82 Å². The van der Waals surface area contributed by atoms with Gasteiger partial charge in [-0.15, -0.1) is 0 Å². The maximum Gasteiger partial charge on any atom is 0.261 e. The highest BCUT2D eigenvalue weighted by Crippen LogP contribution is 2.29. The van der Waals surface area contributed by atoms with Crippen LogP contribution in [0, 0.1) is 0 Å². The Kier molecular flexibility index (Phi) is 4.62. The lowest BCUT2D eigenvalue weighted by molar-refractivity contribution is -0.136. The van der Waals surface area contributed by atoms with Crippen LogP contribution in [0.3, 0.4) is 0 Å². The van der Waals surface area contributed by atoms with Gasteiger partial charge >= 0.3 is 0 Å². The first kappa shape index (κ1) is 19.7. The van der Waals surface area contributed by atoms with Gasteiger partial charge in [0, 0.05) is 43.7 Å². The molecule has 2 aliphatic rings. The Bertz CT molecular complexity index is 1260. The number of aromatic nitrogens is 3. The van der Waals surface area contributed by atoms with Gasteiger partial charge < -0.3 is 14.8 Å². The van der Waals surface area contributed by atoms with E-state index in [1.807, 2.05) is 24.5 Å². The second-order valence-corrected chi connectivity index (χ2v) is 7.82. The highest BCUT2D eigenvalue weighted by molar-refractivity contribution is 6.08. The zero-order chi connectivity index (χ0) is 22.4. The minimum absolute atomic E-state index is 0.201. The first-order chi connectivity index (χ1) is 15.4. The Balaban J connectivity index is 1.36. The summed E-state index contributed by atoms with van der Waals surface area (Å²) in [5.41, 5.74) is 2.06. The summed E-state index contributed by atoms with van der Waals surface area (Å²) in [4.78, 5) is 51.0. The number of carbonyl (C=O) groups excluding carboxylic acids is 4. The van der Waals surface area contributed by atoms with Crippen molar-refractivity contribution in [2.45, 2.75) is 25.4 Å². The van der Waals surface area contributed by atoms with Crippen molar-refractivity contribution in [2.75, 3.05) is 5.32 Å². The molecular weight excluding hydrogens is 412 g/mol. The average Bonchev–Trinajstić information content (AvgIpc) is 3.48. The van der Waals surface area contributed by atoms with E-state index in [9.17, 15) is 19.2 Å². The number of carbonyl (C=O) groups is 4. The molecule has 1 aromatic carbocycles. The van der Waals surface area contributed by atoms with Gasteiger partial charge in [-0.2, -0.15) is 5.10 Å². The highest BCUT2D eigenvalue weighted by Gasteiger charge is 2.39. The second-order valence-electron chi connectivity index (χ2n) is 7.82. The fraction of sp³-hybridized carbons (Fsp3) is 0.227. The third-order valence-electron chi connectivity index (χ3n) is 5.79. The summed E-state index contributed by atoms with van der Waals surface area (Å²) in [6, 6.07) is 8.15. The SMILES string of the molecule is Cn1ncc(C(=O)Nc2ccc3c(c2)C(=O)N(C2CCC(=O)NC2=O)C3)c1-n1cccc1. The molecular formula is C22H20N6O4. The number of benzene rings is 1. The molecule has 0 spiro atoms. The Hall–Kier alpha value is -4.21. The van der Waals surface area contributed by atoms with Crippen LogP contribution < -0.4 is 10.6 Å². The van der Waals surface area contributed by atoms with Gasteiger partial charge in [0.25, 0.3) is 11.8 Å². The molecule has 0 bridgehead atoms. The lowest BCUT2D eigenvalue weighted by Crippen LogP contribution is -2.52. The number of rotatable bonds is 4. The number of nitrogens with zero attached hydrogens (tertiary/aromatic N) is 4. The van der Waals surface area contributed by atoms with Gasteiger partial charge in [-0.25, -0.2) is 0 Å². The van der Waals surface area contributed by atoms with E-state index in [1.54, 1.807) is 34.5 Å². The summed E-state index contributed by atoms with van der Waals surface area (Å²) in [6.45, 7) is 0.287. The molecule has 10 heteroatoms. The van der Waals surface area contributed by atoms with E-state index >= 15 is 0 Å². The molecule has 0 saturated carbocycles. The van der Waals surface area contributed by atoms with Gasteiger partial charge in [-0.05, 0) is 36.2 Å². The summed E-state index contributed by atoms with van der Waals surface area (Å²) in [6.07, 6.45) is 5.65. The van der Waals surface area contributed by atoms with Crippen molar-refractivity contribution in [2.24, 2.45) is 7.05 Å². The van der Waals surface area contributed by atoms with Crippen molar-refractivity contribution >= 4 is 29.3 Å². The van der Waals surface area contributed by atoms with Crippen LogP contribution in [0.1, 0.15) is 39.1 Å². The Morgan fingerprint density at radius 2 is 1.97 bits per heavy atom. The first-order valence-electron chi connectivity index (χ1n) is 10.2. The third-order valence-corrected chi connectivity index (χ3v) is 5.79. The van der Waals surface area contributed by atoms with Crippen molar-refractivity contribution in [3.8, 4) is 5.82 Å². The normalized spacial score (nSPS) is 18.0. The van der Waals surface area contributed by atoms with Crippen LogP contribution in [-0.4, -0.2) is 48.9 Å². The maximum atomic E-state index is 13.0. The van der Waals surface area contributed by atoms with Gasteiger partial charge in [0.2, 0.25) is 11.8 Å². The first-order valence-corrected chi connectivity index (χ1v) is 10.2. The molecule has 2 aliphatic heterocycles. The van der Waals surface area contributed by atoms with Crippen molar-refractivity contribution in [3.05, 3.63) is 65.6 Å². The lowest BCUT2D eigenvalue weighted by atomic mass is 10.0. The van der Waals surface area contributed by atoms with Crippen LogP contribution in [0.2, 0.25) is 0 Å². The average molecular weight is 432 g/mol. The van der Waals surface area contributed by atoms with E-state index in [1.165, 1.54) is 11.1 Å². The minimum atomic E-state index is -0.676. The molecule has 10 nitrogen and oxygen atoms in total. The Morgan fingerprint density at radius 3 is 2.72 bits per heavy atom. The van der Waals surface area contributed by atoms with Crippen molar-refractivity contribution in [1.29, 1.82) is 0 Å². The topological polar surface area (TPSA) is 118 Å². The molecule has 1 unspecified atom stereocenters. The summed E-state index contributed by atoms with van der Waals surface area (Å²) in [7, 11) is 1.75. The lowest BCUT2D eigenvalue weighted by Gasteiger charge is -2.29.